The van der Waals surface area contributed by atoms with Crippen molar-refractivity contribution in [1.82, 2.24) is 9.80 Å². The number of halogens is 3. The first-order valence-corrected chi connectivity index (χ1v) is 8.12. The summed E-state index contributed by atoms with van der Waals surface area (Å²) < 4.78 is 27.0. The van der Waals surface area contributed by atoms with Crippen molar-refractivity contribution in [3.8, 4) is 0 Å². The Morgan fingerprint density at radius 2 is 1.67 bits per heavy atom. The van der Waals surface area contributed by atoms with E-state index in [0.717, 1.165) is 18.2 Å². The zero-order valence-corrected chi connectivity index (χ0v) is 13.8. The van der Waals surface area contributed by atoms with E-state index in [4.69, 9.17) is 11.6 Å². The minimum atomic E-state index is -1.08. The highest BCUT2D eigenvalue weighted by molar-refractivity contribution is 6.30. The fourth-order valence-electron chi connectivity index (χ4n) is 2.80. The molecule has 0 spiro atoms. The number of carbonyl (C=O) groups is 1. The molecule has 1 aliphatic rings. The van der Waals surface area contributed by atoms with Gasteiger partial charge in [0.25, 0.3) is 5.91 Å². The second-order valence-electron chi connectivity index (χ2n) is 5.80. The van der Waals surface area contributed by atoms with Crippen molar-refractivity contribution in [3.05, 3.63) is 70.2 Å². The molecule has 0 aromatic heterocycles. The third-order valence-electron chi connectivity index (χ3n) is 4.16. The van der Waals surface area contributed by atoms with Crippen LogP contribution in [0.5, 0.6) is 0 Å². The van der Waals surface area contributed by atoms with Gasteiger partial charge in [0.15, 0.2) is 11.6 Å². The van der Waals surface area contributed by atoms with E-state index in [0.29, 0.717) is 31.2 Å². The predicted molar refractivity (Wildman–Crippen MR) is 89.0 cm³/mol. The zero-order chi connectivity index (χ0) is 17.1. The number of amides is 1. The monoisotopic (exact) mass is 350 g/mol. The minimum Gasteiger partial charge on any atom is -0.336 e. The summed E-state index contributed by atoms with van der Waals surface area (Å²) in [5.74, 6) is -2.54. The van der Waals surface area contributed by atoms with E-state index in [9.17, 15) is 13.6 Å². The molecule has 1 heterocycles. The molecule has 0 saturated carbocycles. The molecule has 0 aliphatic carbocycles. The van der Waals surface area contributed by atoms with Crippen LogP contribution in [-0.4, -0.2) is 41.9 Å². The lowest BCUT2D eigenvalue weighted by Gasteiger charge is -2.34. The molecule has 1 aliphatic heterocycles. The Balaban J connectivity index is 1.59. The lowest BCUT2D eigenvalue weighted by Crippen LogP contribution is -2.48. The van der Waals surface area contributed by atoms with Gasteiger partial charge in [-0.15, -0.1) is 0 Å². The minimum absolute atomic E-state index is 0.207. The molecule has 3 nitrogen and oxygen atoms in total. The highest BCUT2D eigenvalue weighted by Gasteiger charge is 2.25. The number of carbonyl (C=O) groups excluding carboxylic acids is 1. The molecule has 2 aromatic carbocycles. The molecule has 6 heteroatoms. The molecule has 24 heavy (non-hydrogen) atoms. The molecule has 0 N–H and O–H groups in total. The summed E-state index contributed by atoms with van der Waals surface area (Å²) in [7, 11) is 0. The van der Waals surface area contributed by atoms with E-state index in [-0.39, 0.29) is 5.56 Å². The summed E-state index contributed by atoms with van der Waals surface area (Å²) >= 11 is 5.88. The summed E-state index contributed by atoms with van der Waals surface area (Å²) in [6, 6.07) is 11.3. The van der Waals surface area contributed by atoms with Crippen LogP contribution in [0.3, 0.4) is 0 Å². The SMILES string of the molecule is O=C(c1cccc(F)c1F)N1CCN(Cc2ccc(Cl)cc2)CC1. The van der Waals surface area contributed by atoms with Crippen LogP contribution in [0.15, 0.2) is 42.5 Å². The van der Waals surface area contributed by atoms with Gasteiger partial charge in [0, 0.05) is 37.7 Å². The Labute approximate surface area is 144 Å². The second-order valence-corrected chi connectivity index (χ2v) is 6.23. The van der Waals surface area contributed by atoms with Crippen molar-refractivity contribution >= 4 is 17.5 Å². The first-order valence-electron chi connectivity index (χ1n) is 7.74. The number of nitrogens with zero attached hydrogens (tertiary/aromatic N) is 2. The Morgan fingerprint density at radius 3 is 2.33 bits per heavy atom. The molecule has 3 rings (SSSR count). The molecule has 0 unspecified atom stereocenters. The van der Waals surface area contributed by atoms with Crippen LogP contribution >= 0.6 is 11.6 Å². The van der Waals surface area contributed by atoms with Gasteiger partial charge in [-0.3, -0.25) is 9.69 Å². The predicted octanol–water partition coefficient (Wildman–Crippen LogP) is 3.58. The van der Waals surface area contributed by atoms with Crippen LogP contribution in [-0.2, 0) is 6.54 Å². The Hall–Kier alpha value is -1.98. The third-order valence-corrected chi connectivity index (χ3v) is 4.41. The molecule has 126 valence electrons. The van der Waals surface area contributed by atoms with Crippen molar-refractivity contribution in [3.63, 3.8) is 0 Å². The number of rotatable bonds is 3. The summed E-state index contributed by atoms with van der Waals surface area (Å²) in [6.07, 6.45) is 0. The smallest absolute Gasteiger partial charge is 0.257 e. The number of hydrogen-bond donors (Lipinski definition) is 0. The summed E-state index contributed by atoms with van der Waals surface area (Å²) in [5.41, 5.74) is 0.941. The summed E-state index contributed by atoms with van der Waals surface area (Å²) in [5, 5.41) is 0.700. The van der Waals surface area contributed by atoms with Crippen molar-refractivity contribution in [1.29, 1.82) is 0 Å². The molecule has 0 radical (unpaired) electrons. The Morgan fingerprint density at radius 1 is 1.00 bits per heavy atom. The van der Waals surface area contributed by atoms with Crippen molar-refractivity contribution in [2.75, 3.05) is 26.2 Å². The molecule has 1 amide bonds. The quantitative estimate of drug-likeness (QED) is 0.844. The van der Waals surface area contributed by atoms with Crippen LogP contribution in [0, 0.1) is 11.6 Å². The van der Waals surface area contributed by atoms with E-state index >= 15 is 0 Å². The van der Waals surface area contributed by atoms with Gasteiger partial charge in [-0.05, 0) is 29.8 Å². The van der Waals surface area contributed by atoms with Crippen LogP contribution < -0.4 is 0 Å². The lowest BCUT2D eigenvalue weighted by molar-refractivity contribution is 0.0623. The van der Waals surface area contributed by atoms with Crippen LogP contribution in [0.25, 0.3) is 0 Å². The Kier molecular flexibility index (Phi) is 5.11. The maximum absolute atomic E-state index is 13.8. The Bertz CT molecular complexity index is 728. The maximum atomic E-state index is 13.8. The molecule has 1 saturated heterocycles. The standard InChI is InChI=1S/C18H17ClF2N2O/c19-14-6-4-13(5-7-14)12-22-8-10-23(11-9-22)18(24)15-2-1-3-16(20)17(15)21/h1-7H,8-12H2. The molecule has 0 atom stereocenters. The number of hydrogen-bond acceptors (Lipinski definition) is 2. The lowest BCUT2D eigenvalue weighted by atomic mass is 10.1. The van der Waals surface area contributed by atoms with E-state index in [2.05, 4.69) is 4.90 Å². The summed E-state index contributed by atoms with van der Waals surface area (Å²) in [4.78, 5) is 16.1. The zero-order valence-electron chi connectivity index (χ0n) is 13.0. The second kappa shape index (κ2) is 7.28. The van der Waals surface area contributed by atoms with Crippen LogP contribution in [0.1, 0.15) is 15.9 Å². The van der Waals surface area contributed by atoms with E-state index < -0.39 is 17.5 Å². The highest BCUT2D eigenvalue weighted by atomic mass is 35.5. The fourth-order valence-corrected chi connectivity index (χ4v) is 2.92. The summed E-state index contributed by atoms with van der Waals surface area (Å²) in [6.45, 7) is 3.12. The van der Waals surface area contributed by atoms with Crippen molar-refractivity contribution in [2.45, 2.75) is 6.54 Å². The molecular weight excluding hydrogens is 334 g/mol. The number of benzene rings is 2. The van der Waals surface area contributed by atoms with E-state index in [1.54, 1.807) is 4.90 Å². The number of piperazine rings is 1. The first-order chi connectivity index (χ1) is 11.5. The topological polar surface area (TPSA) is 23.6 Å². The highest BCUT2D eigenvalue weighted by Crippen LogP contribution is 2.17. The van der Waals surface area contributed by atoms with Crippen molar-refractivity contribution in [2.24, 2.45) is 0 Å². The molecule has 0 bridgehead atoms. The van der Waals surface area contributed by atoms with Crippen LogP contribution in [0.4, 0.5) is 8.78 Å². The third kappa shape index (κ3) is 3.74. The molecule has 1 fully saturated rings. The van der Waals surface area contributed by atoms with Crippen LogP contribution in [0.2, 0.25) is 5.02 Å². The molecular formula is C18H17ClF2N2O. The van der Waals surface area contributed by atoms with Gasteiger partial charge in [0.05, 0.1) is 5.56 Å². The van der Waals surface area contributed by atoms with Gasteiger partial charge >= 0.3 is 0 Å². The largest absolute Gasteiger partial charge is 0.336 e. The van der Waals surface area contributed by atoms with Gasteiger partial charge in [0.1, 0.15) is 0 Å². The van der Waals surface area contributed by atoms with Crippen molar-refractivity contribution < 1.29 is 13.6 Å². The fraction of sp³-hybridized carbons (Fsp3) is 0.278. The average Bonchev–Trinajstić information content (AvgIpc) is 2.59. The van der Waals surface area contributed by atoms with Gasteiger partial charge in [0.2, 0.25) is 0 Å². The van der Waals surface area contributed by atoms with Gasteiger partial charge in [-0.2, -0.15) is 0 Å². The van der Waals surface area contributed by atoms with E-state index in [1.807, 2.05) is 24.3 Å². The van der Waals surface area contributed by atoms with E-state index in [1.165, 1.54) is 12.1 Å². The first kappa shape index (κ1) is 16.9. The van der Waals surface area contributed by atoms with Gasteiger partial charge in [-0.25, -0.2) is 8.78 Å². The average molecular weight is 351 g/mol. The van der Waals surface area contributed by atoms with Gasteiger partial charge < -0.3 is 4.90 Å². The normalized spacial score (nSPS) is 15.5. The maximum Gasteiger partial charge on any atom is 0.257 e. The molecule has 2 aromatic rings. The van der Waals surface area contributed by atoms with Gasteiger partial charge in [-0.1, -0.05) is 29.8 Å².